The Labute approximate surface area is 52.0 Å². The minimum Gasteiger partial charge on any atom is -0.252 e. The molecule has 0 aliphatic rings. The average Bonchev–Trinajstić information content (AvgIpc) is 1.90. The third-order valence-corrected chi connectivity index (χ3v) is 1.94. The third-order valence-electron chi connectivity index (χ3n) is 0.764. The molecule has 0 saturated heterocycles. The van der Waals surface area contributed by atoms with Crippen LogP contribution in [0, 0.1) is 0 Å². The zero-order valence-corrected chi connectivity index (χ0v) is 6.10. The number of pyridine rings is 1. The summed E-state index contributed by atoms with van der Waals surface area (Å²) in [5.41, 5.74) is 1.05. The molecule has 0 unspecified atom stereocenters. The second-order valence-electron chi connectivity index (χ2n) is 1.30. The Morgan fingerprint density at radius 1 is 1.50 bits per heavy atom. The van der Waals surface area contributed by atoms with Crippen molar-refractivity contribution in [2.45, 2.75) is 0 Å². The van der Waals surface area contributed by atoms with Crippen LogP contribution in [0.5, 0.6) is 0 Å². The van der Waals surface area contributed by atoms with Crippen molar-refractivity contribution < 1.29 is 0 Å². The molecule has 1 aromatic heterocycles. The molecule has 0 radical (unpaired) electrons. The van der Waals surface area contributed by atoms with E-state index in [9.17, 15) is 0 Å². The molecule has 0 atom stereocenters. The van der Waals surface area contributed by atoms with Crippen LogP contribution in [0.15, 0.2) is 24.4 Å². The fourth-order valence-electron chi connectivity index (χ4n) is 0.420. The van der Waals surface area contributed by atoms with Gasteiger partial charge in [0, 0.05) is 6.20 Å². The normalized spacial score (nSPS) is 9.50. The minimum absolute atomic E-state index is 1.04. The first-order valence-electron chi connectivity index (χ1n) is 2.22. The molecule has 1 heterocycles. The second kappa shape index (κ2) is 2.91. The Bertz CT molecular complexity index is 173. The summed E-state index contributed by atoms with van der Waals surface area (Å²) in [6, 6.07) is 5.84. The summed E-state index contributed by atoms with van der Waals surface area (Å²) >= 11 is 0. The monoisotopic (exact) mass is 141 g/mol. The molecule has 0 aliphatic heterocycles. The first-order valence-corrected chi connectivity index (χ1v) is 4.45. The van der Waals surface area contributed by atoms with Gasteiger partial charge in [-0.05, 0) is 20.0 Å². The number of aromatic nitrogens is 1. The fourth-order valence-corrected chi connectivity index (χ4v) is 1.10. The van der Waals surface area contributed by atoms with Crippen LogP contribution in [0.4, 0.5) is 0 Å². The topological polar surface area (TPSA) is 12.9 Å². The van der Waals surface area contributed by atoms with Crippen molar-refractivity contribution in [1.29, 1.82) is 0 Å². The minimum atomic E-state index is 1.04. The van der Waals surface area contributed by atoms with Gasteiger partial charge in [0.05, 0.1) is 5.44 Å². The molecular weight excluding hydrogens is 136 g/mol. The Kier molecular flexibility index (Phi) is 2.14. The number of nitrogens with zero attached hydrogens (tertiary/aromatic N) is 1. The Morgan fingerprint density at radius 3 is 2.75 bits per heavy atom. The maximum absolute atomic E-state index is 4.04. The van der Waals surface area contributed by atoms with Gasteiger partial charge >= 0.3 is 0 Å². The van der Waals surface area contributed by atoms with Crippen LogP contribution >= 0.6 is 16.4 Å². The van der Waals surface area contributed by atoms with Crippen LogP contribution in [0.2, 0.25) is 0 Å². The lowest BCUT2D eigenvalue weighted by atomic mass is 10.5. The van der Waals surface area contributed by atoms with E-state index in [0.717, 1.165) is 13.3 Å². The van der Waals surface area contributed by atoms with Crippen LogP contribution in [-0.4, -0.2) is 4.98 Å². The number of hydrogen-bond acceptors (Lipinski definition) is 1. The largest absolute Gasteiger partial charge is 0.252 e. The van der Waals surface area contributed by atoms with Crippen LogP contribution in [0.3, 0.4) is 0 Å². The molecule has 0 amide bonds. The molecule has 0 spiro atoms. The first kappa shape index (κ1) is 5.88. The summed E-state index contributed by atoms with van der Waals surface area (Å²) in [6.45, 7) is 0. The smallest absolute Gasteiger partial charge is 0.0937 e. The average molecular weight is 141 g/mol. The van der Waals surface area contributed by atoms with Crippen molar-refractivity contribution in [2.75, 3.05) is 0 Å². The molecule has 0 N–H and O–H groups in total. The molecule has 0 aromatic carbocycles. The lowest BCUT2D eigenvalue weighted by Crippen LogP contribution is -1.92. The van der Waals surface area contributed by atoms with Crippen molar-refractivity contribution in [3.8, 4) is 0 Å². The van der Waals surface area contributed by atoms with Crippen molar-refractivity contribution in [3.05, 3.63) is 24.4 Å². The van der Waals surface area contributed by atoms with Gasteiger partial charge in [-0.15, -0.1) is 0 Å². The van der Waals surface area contributed by atoms with Crippen molar-refractivity contribution in [1.82, 2.24) is 4.98 Å². The van der Waals surface area contributed by atoms with E-state index >= 15 is 0 Å². The quantitative estimate of drug-likeness (QED) is 0.542. The second-order valence-corrected chi connectivity index (χ2v) is 2.65. The number of hydrogen-bond donors (Lipinski definition) is 0. The first-order chi connectivity index (χ1) is 3.93. The molecular formula is C5H5NP2. The highest BCUT2D eigenvalue weighted by atomic mass is 31.7. The van der Waals surface area contributed by atoms with Crippen molar-refractivity contribution in [3.63, 3.8) is 0 Å². The molecule has 0 aliphatic carbocycles. The van der Waals surface area contributed by atoms with E-state index in [2.05, 4.69) is 13.5 Å². The zero-order valence-electron chi connectivity index (χ0n) is 4.20. The molecule has 3 heteroatoms. The van der Waals surface area contributed by atoms with Gasteiger partial charge in [-0.1, -0.05) is 14.6 Å². The predicted octanol–water partition coefficient (Wildman–Crippen LogP) is 1.71. The number of rotatable bonds is 1. The summed E-state index contributed by atoms with van der Waals surface area (Å²) in [5.74, 6) is 0. The highest BCUT2D eigenvalue weighted by molar-refractivity contribution is 7.79. The zero-order chi connectivity index (χ0) is 5.82. The Morgan fingerprint density at radius 2 is 2.38 bits per heavy atom. The van der Waals surface area contributed by atoms with E-state index in [4.69, 9.17) is 0 Å². The molecule has 1 nitrogen and oxygen atoms in total. The maximum Gasteiger partial charge on any atom is 0.0937 e. The van der Waals surface area contributed by atoms with Gasteiger partial charge < -0.3 is 0 Å². The summed E-state index contributed by atoms with van der Waals surface area (Å²) < 4.78 is 0. The van der Waals surface area contributed by atoms with E-state index < -0.39 is 0 Å². The highest BCUT2D eigenvalue weighted by Gasteiger charge is 1.78. The molecule has 1 rings (SSSR count). The SMILES string of the molecule is P=Pc1ccccn1. The standard InChI is InChI=1S/C5H5NP2/c7-8-5-3-1-2-4-6-5/h1-4,7H. The Balaban J connectivity index is 2.99. The van der Waals surface area contributed by atoms with Crippen LogP contribution in [-0.2, 0) is 0 Å². The summed E-state index contributed by atoms with van der Waals surface area (Å²) in [6.07, 6.45) is 1.78. The van der Waals surface area contributed by atoms with E-state index in [1.807, 2.05) is 18.2 Å². The van der Waals surface area contributed by atoms with Gasteiger partial charge in [-0.25, -0.2) is 0 Å². The van der Waals surface area contributed by atoms with E-state index in [-0.39, 0.29) is 0 Å². The highest BCUT2D eigenvalue weighted by Crippen LogP contribution is 1.97. The summed E-state index contributed by atoms with van der Waals surface area (Å²) in [7, 11) is 4.36. The van der Waals surface area contributed by atoms with Gasteiger partial charge in [-0.3, -0.25) is 4.98 Å². The molecule has 8 heavy (non-hydrogen) atoms. The van der Waals surface area contributed by atoms with Gasteiger partial charge in [-0.2, -0.15) is 0 Å². The Hall–Kier alpha value is -0.250. The summed E-state index contributed by atoms with van der Waals surface area (Å²) in [5, 5.41) is 0. The lowest BCUT2D eigenvalue weighted by molar-refractivity contribution is 1.40. The third kappa shape index (κ3) is 1.36. The van der Waals surface area contributed by atoms with Gasteiger partial charge in [0.1, 0.15) is 0 Å². The molecule has 0 bridgehead atoms. The van der Waals surface area contributed by atoms with E-state index in [1.165, 1.54) is 0 Å². The van der Waals surface area contributed by atoms with Crippen molar-refractivity contribution in [2.24, 2.45) is 0 Å². The molecule has 0 saturated carbocycles. The van der Waals surface area contributed by atoms with Crippen LogP contribution < -0.4 is 5.44 Å². The van der Waals surface area contributed by atoms with Gasteiger partial charge in [0.25, 0.3) is 0 Å². The van der Waals surface area contributed by atoms with Crippen molar-refractivity contribution >= 4 is 21.8 Å². The maximum atomic E-state index is 4.04. The van der Waals surface area contributed by atoms with Gasteiger partial charge in [0.15, 0.2) is 0 Å². The van der Waals surface area contributed by atoms with Crippen LogP contribution in [0.1, 0.15) is 0 Å². The lowest BCUT2D eigenvalue weighted by Gasteiger charge is -1.83. The van der Waals surface area contributed by atoms with Crippen LogP contribution in [0.25, 0.3) is 0 Å². The fraction of sp³-hybridized carbons (Fsp3) is 0. The van der Waals surface area contributed by atoms with Gasteiger partial charge in [0.2, 0.25) is 0 Å². The molecule has 1 aromatic rings. The molecule has 0 fully saturated rings. The predicted molar refractivity (Wildman–Crippen MR) is 39.1 cm³/mol. The van der Waals surface area contributed by atoms with E-state index in [1.54, 1.807) is 6.20 Å². The molecule has 40 valence electrons. The van der Waals surface area contributed by atoms with E-state index in [0.29, 0.717) is 0 Å². The summed E-state index contributed by atoms with van der Waals surface area (Å²) in [4.78, 5) is 4.04.